The SMILES string of the molecule is CC(C)(C)OC(=O)N(Cc1ncco1)Cc1ncco1. The summed E-state index contributed by atoms with van der Waals surface area (Å²) in [6.45, 7) is 5.78. The number of rotatable bonds is 4. The molecule has 2 aromatic heterocycles. The first-order valence-corrected chi connectivity index (χ1v) is 6.19. The standard InChI is InChI=1S/C13H17N3O4/c1-13(2,3)20-12(17)16(8-10-14-4-6-18-10)9-11-15-5-7-19-11/h4-7H,8-9H2,1-3H3. The maximum absolute atomic E-state index is 12.2. The van der Waals surface area contributed by atoms with Crippen LogP contribution in [0.4, 0.5) is 4.79 Å². The zero-order valence-corrected chi connectivity index (χ0v) is 11.7. The fourth-order valence-corrected chi connectivity index (χ4v) is 1.50. The summed E-state index contributed by atoms with van der Waals surface area (Å²) in [5.41, 5.74) is -0.581. The third-order valence-corrected chi connectivity index (χ3v) is 2.27. The third kappa shape index (κ3) is 4.11. The fourth-order valence-electron chi connectivity index (χ4n) is 1.50. The Morgan fingerprint density at radius 1 is 1.15 bits per heavy atom. The molecule has 0 aliphatic carbocycles. The van der Waals surface area contributed by atoms with Crippen molar-refractivity contribution in [1.29, 1.82) is 0 Å². The monoisotopic (exact) mass is 279 g/mol. The van der Waals surface area contributed by atoms with Crippen LogP contribution in [0.3, 0.4) is 0 Å². The number of hydrogen-bond acceptors (Lipinski definition) is 6. The van der Waals surface area contributed by atoms with E-state index in [1.807, 2.05) is 0 Å². The topological polar surface area (TPSA) is 81.6 Å². The number of oxazole rings is 2. The van der Waals surface area contributed by atoms with Gasteiger partial charge in [-0.3, -0.25) is 4.90 Å². The molecule has 108 valence electrons. The van der Waals surface area contributed by atoms with Crippen LogP contribution in [-0.4, -0.2) is 26.6 Å². The molecule has 0 aliphatic rings. The smallest absolute Gasteiger partial charge is 0.411 e. The molecule has 0 atom stereocenters. The minimum absolute atomic E-state index is 0.185. The van der Waals surface area contributed by atoms with Crippen molar-refractivity contribution in [2.24, 2.45) is 0 Å². The lowest BCUT2D eigenvalue weighted by Crippen LogP contribution is -2.36. The quantitative estimate of drug-likeness (QED) is 0.855. The number of carbonyl (C=O) groups is 1. The average Bonchev–Trinajstić information content (AvgIpc) is 2.98. The van der Waals surface area contributed by atoms with E-state index < -0.39 is 11.7 Å². The lowest BCUT2D eigenvalue weighted by molar-refractivity contribution is 0.0183. The Kier molecular flexibility index (Phi) is 4.07. The van der Waals surface area contributed by atoms with E-state index in [0.717, 1.165) is 0 Å². The molecule has 1 amide bonds. The van der Waals surface area contributed by atoms with Crippen molar-refractivity contribution in [3.8, 4) is 0 Å². The van der Waals surface area contributed by atoms with Gasteiger partial charge >= 0.3 is 6.09 Å². The first-order valence-electron chi connectivity index (χ1n) is 6.19. The maximum atomic E-state index is 12.2. The molecule has 2 rings (SSSR count). The number of aromatic nitrogens is 2. The Balaban J connectivity index is 2.08. The molecule has 7 heteroatoms. The summed E-state index contributed by atoms with van der Waals surface area (Å²) in [4.78, 5) is 21.6. The molecule has 0 saturated carbocycles. The fraction of sp³-hybridized carbons (Fsp3) is 0.462. The van der Waals surface area contributed by atoms with Crippen molar-refractivity contribution >= 4 is 6.09 Å². The van der Waals surface area contributed by atoms with Crippen molar-refractivity contribution in [1.82, 2.24) is 14.9 Å². The van der Waals surface area contributed by atoms with Gasteiger partial charge in [-0.05, 0) is 20.8 Å². The summed E-state index contributed by atoms with van der Waals surface area (Å²) in [7, 11) is 0. The van der Waals surface area contributed by atoms with Gasteiger partial charge in [0.1, 0.15) is 31.2 Å². The van der Waals surface area contributed by atoms with Crippen molar-refractivity contribution in [3.05, 3.63) is 36.7 Å². The van der Waals surface area contributed by atoms with Gasteiger partial charge in [0.15, 0.2) is 0 Å². The highest BCUT2D eigenvalue weighted by atomic mass is 16.6. The maximum Gasteiger partial charge on any atom is 0.411 e. The lowest BCUT2D eigenvalue weighted by atomic mass is 10.2. The van der Waals surface area contributed by atoms with E-state index in [1.54, 1.807) is 20.8 Å². The molecule has 0 unspecified atom stereocenters. The van der Waals surface area contributed by atoms with Gasteiger partial charge in [-0.2, -0.15) is 0 Å². The van der Waals surface area contributed by atoms with Gasteiger partial charge in [0.25, 0.3) is 0 Å². The number of hydrogen-bond donors (Lipinski definition) is 0. The molecule has 2 aromatic rings. The predicted molar refractivity (Wildman–Crippen MR) is 68.5 cm³/mol. The number of carbonyl (C=O) groups excluding carboxylic acids is 1. The molecular weight excluding hydrogens is 262 g/mol. The van der Waals surface area contributed by atoms with Crippen LogP contribution < -0.4 is 0 Å². The summed E-state index contributed by atoms with van der Waals surface area (Å²) in [5, 5.41) is 0. The third-order valence-electron chi connectivity index (χ3n) is 2.27. The predicted octanol–water partition coefficient (Wildman–Crippen LogP) is 2.60. The molecule has 0 saturated heterocycles. The summed E-state index contributed by atoms with van der Waals surface area (Å²) < 4.78 is 15.6. The Hall–Kier alpha value is -2.31. The molecule has 0 fully saturated rings. The minimum atomic E-state index is -0.581. The zero-order valence-electron chi connectivity index (χ0n) is 11.7. The van der Waals surface area contributed by atoms with Crippen molar-refractivity contribution in [2.75, 3.05) is 0 Å². The van der Waals surface area contributed by atoms with E-state index in [1.165, 1.54) is 29.8 Å². The van der Waals surface area contributed by atoms with E-state index in [0.29, 0.717) is 11.8 Å². The van der Waals surface area contributed by atoms with Crippen LogP contribution in [-0.2, 0) is 17.8 Å². The summed E-state index contributed by atoms with van der Waals surface area (Å²) in [6.07, 6.45) is 5.47. The highest BCUT2D eigenvalue weighted by Gasteiger charge is 2.24. The average molecular weight is 279 g/mol. The molecular formula is C13H17N3O4. The number of nitrogens with zero attached hydrogens (tertiary/aromatic N) is 3. The van der Waals surface area contributed by atoms with Crippen LogP contribution in [0.5, 0.6) is 0 Å². The van der Waals surface area contributed by atoms with Gasteiger partial charge in [-0.25, -0.2) is 14.8 Å². The molecule has 0 aliphatic heterocycles. The van der Waals surface area contributed by atoms with Crippen LogP contribution >= 0.6 is 0 Å². The summed E-state index contributed by atoms with van der Waals surface area (Å²) in [5.74, 6) is 0.838. The summed E-state index contributed by atoms with van der Waals surface area (Å²) in [6, 6.07) is 0. The molecule has 0 aromatic carbocycles. The number of amides is 1. The first kappa shape index (κ1) is 14.1. The second kappa shape index (κ2) is 5.77. The van der Waals surface area contributed by atoms with Crippen LogP contribution in [0, 0.1) is 0 Å². The van der Waals surface area contributed by atoms with Gasteiger partial charge in [0.05, 0.1) is 12.4 Å². The van der Waals surface area contributed by atoms with E-state index in [4.69, 9.17) is 13.6 Å². The lowest BCUT2D eigenvalue weighted by Gasteiger charge is -2.25. The van der Waals surface area contributed by atoms with Crippen LogP contribution in [0.1, 0.15) is 32.6 Å². The van der Waals surface area contributed by atoms with Gasteiger partial charge < -0.3 is 13.6 Å². The Bertz CT molecular complexity index is 492. The van der Waals surface area contributed by atoms with Crippen molar-refractivity contribution in [3.63, 3.8) is 0 Å². The second-order valence-corrected chi connectivity index (χ2v) is 5.19. The molecule has 7 nitrogen and oxygen atoms in total. The highest BCUT2D eigenvalue weighted by molar-refractivity contribution is 5.67. The largest absolute Gasteiger partial charge is 0.447 e. The molecule has 0 N–H and O–H groups in total. The van der Waals surface area contributed by atoms with Gasteiger partial charge in [0, 0.05) is 0 Å². The molecule has 2 heterocycles. The second-order valence-electron chi connectivity index (χ2n) is 5.19. The van der Waals surface area contributed by atoms with E-state index in [2.05, 4.69) is 9.97 Å². The molecule has 0 spiro atoms. The Morgan fingerprint density at radius 2 is 1.65 bits per heavy atom. The molecule has 20 heavy (non-hydrogen) atoms. The van der Waals surface area contributed by atoms with Crippen LogP contribution in [0.2, 0.25) is 0 Å². The van der Waals surface area contributed by atoms with E-state index in [9.17, 15) is 4.79 Å². The van der Waals surface area contributed by atoms with Crippen LogP contribution in [0.15, 0.2) is 33.8 Å². The van der Waals surface area contributed by atoms with E-state index in [-0.39, 0.29) is 13.1 Å². The highest BCUT2D eigenvalue weighted by Crippen LogP contribution is 2.14. The van der Waals surface area contributed by atoms with E-state index >= 15 is 0 Å². The van der Waals surface area contributed by atoms with Gasteiger partial charge in [0.2, 0.25) is 11.8 Å². The molecule has 0 radical (unpaired) electrons. The Labute approximate surface area is 116 Å². The normalized spacial score (nSPS) is 11.3. The summed E-state index contributed by atoms with van der Waals surface area (Å²) >= 11 is 0. The molecule has 0 bridgehead atoms. The zero-order chi connectivity index (χ0) is 14.6. The minimum Gasteiger partial charge on any atom is -0.447 e. The van der Waals surface area contributed by atoms with Crippen LogP contribution in [0.25, 0.3) is 0 Å². The first-order chi connectivity index (χ1) is 9.44. The van der Waals surface area contributed by atoms with Crippen molar-refractivity contribution < 1.29 is 18.4 Å². The van der Waals surface area contributed by atoms with Crippen molar-refractivity contribution in [2.45, 2.75) is 39.5 Å². The number of ether oxygens (including phenoxy) is 1. The Morgan fingerprint density at radius 3 is 2.00 bits per heavy atom. The van der Waals surface area contributed by atoms with Gasteiger partial charge in [-0.1, -0.05) is 0 Å². The van der Waals surface area contributed by atoms with Gasteiger partial charge in [-0.15, -0.1) is 0 Å².